The van der Waals surface area contributed by atoms with Crippen LogP contribution in [0.15, 0.2) is 66.9 Å². The lowest BCUT2D eigenvalue weighted by Crippen LogP contribution is -2.15. The normalized spacial score (nSPS) is 13.9. The van der Waals surface area contributed by atoms with Crippen molar-refractivity contribution in [2.75, 3.05) is 17.2 Å². The first-order chi connectivity index (χ1) is 16.4. The molecule has 1 saturated carbocycles. The molecule has 34 heavy (non-hydrogen) atoms. The fraction of sp³-hybridized carbons (Fsp3) is 0.200. The Balaban J connectivity index is 1.29. The van der Waals surface area contributed by atoms with E-state index >= 15 is 0 Å². The third-order valence-electron chi connectivity index (χ3n) is 5.84. The van der Waals surface area contributed by atoms with Gasteiger partial charge in [0, 0.05) is 23.4 Å². The molecule has 0 spiro atoms. The number of aliphatic hydroxyl groups excluding tert-OH is 1. The molecule has 2 aromatic heterocycles. The topological polar surface area (TPSA) is 118 Å². The highest BCUT2D eigenvalue weighted by atomic mass is 16.5. The number of aromatic nitrogens is 3. The lowest BCUT2D eigenvalue weighted by Gasteiger charge is -2.12. The number of benzene rings is 2. The third kappa shape index (κ3) is 4.60. The number of hydrogen-bond donors (Lipinski definition) is 3. The maximum Gasteiger partial charge on any atom is 0.255 e. The quantitative estimate of drug-likeness (QED) is 0.389. The van der Waals surface area contributed by atoms with E-state index in [-0.39, 0.29) is 17.1 Å². The van der Waals surface area contributed by atoms with Crippen molar-refractivity contribution in [1.82, 2.24) is 14.6 Å². The fourth-order valence-electron chi connectivity index (χ4n) is 3.63. The maximum atomic E-state index is 12.8. The molecule has 2 aromatic carbocycles. The highest BCUT2D eigenvalue weighted by molar-refractivity contribution is 6.04. The smallest absolute Gasteiger partial charge is 0.255 e. The Morgan fingerprint density at radius 3 is 2.71 bits per heavy atom. The van der Waals surface area contributed by atoms with Gasteiger partial charge in [-0.1, -0.05) is 25.1 Å². The van der Waals surface area contributed by atoms with E-state index in [1.807, 2.05) is 18.2 Å². The number of anilines is 2. The number of ether oxygens (including phenoxy) is 1. The van der Waals surface area contributed by atoms with Gasteiger partial charge in [0.25, 0.3) is 11.8 Å². The van der Waals surface area contributed by atoms with Gasteiger partial charge in [-0.3, -0.25) is 9.59 Å². The van der Waals surface area contributed by atoms with E-state index in [0.29, 0.717) is 28.5 Å². The SMILES string of the molecule is CC1(c2cccc(C(=O)Nc3cccc(Oc4ccc5nc(NC(=O)CO)cn5n4)c3)c2)CC1. The lowest BCUT2D eigenvalue weighted by molar-refractivity contribution is -0.118. The molecule has 0 atom stereocenters. The van der Waals surface area contributed by atoms with E-state index in [2.05, 4.69) is 33.7 Å². The van der Waals surface area contributed by atoms with Gasteiger partial charge in [0.1, 0.15) is 12.4 Å². The number of rotatable bonds is 7. The van der Waals surface area contributed by atoms with E-state index in [9.17, 15) is 9.59 Å². The minimum absolute atomic E-state index is 0.182. The van der Waals surface area contributed by atoms with Gasteiger partial charge in [-0.15, -0.1) is 5.10 Å². The summed E-state index contributed by atoms with van der Waals surface area (Å²) in [4.78, 5) is 28.4. The standard InChI is InChI=1S/C25H23N5O4/c1-25(10-11-25)17-5-2-4-16(12-17)24(33)26-18-6-3-7-19(13-18)34-23-9-8-21-27-20(14-30(21)29-23)28-22(32)15-31/h2-9,12-14,31H,10-11,15H2,1H3,(H,26,33)(H,28,32). The Morgan fingerprint density at radius 2 is 1.91 bits per heavy atom. The Labute approximate surface area is 195 Å². The zero-order valence-electron chi connectivity index (χ0n) is 18.5. The summed E-state index contributed by atoms with van der Waals surface area (Å²) in [5, 5.41) is 18.6. The predicted molar refractivity (Wildman–Crippen MR) is 126 cm³/mol. The first-order valence-electron chi connectivity index (χ1n) is 10.9. The predicted octanol–water partition coefficient (Wildman–Crippen LogP) is 3.76. The summed E-state index contributed by atoms with van der Waals surface area (Å²) < 4.78 is 7.32. The molecular weight excluding hydrogens is 434 g/mol. The van der Waals surface area contributed by atoms with Crippen LogP contribution in [0.1, 0.15) is 35.7 Å². The van der Waals surface area contributed by atoms with Crippen LogP contribution in [0.25, 0.3) is 5.65 Å². The number of aliphatic hydroxyl groups is 1. The van der Waals surface area contributed by atoms with E-state index < -0.39 is 12.5 Å². The summed E-state index contributed by atoms with van der Waals surface area (Å²) in [5.41, 5.74) is 3.11. The zero-order chi connectivity index (χ0) is 23.7. The molecule has 0 saturated heterocycles. The summed E-state index contributed by atoms with van der Waals surface area (Å²) in [6.45, 7) is 1.58. The average molecular weight is 457 g/mol. The van der Waals surface area contributed by atoms with E-state index in [0.717, 1.165) is 12.8 Å². The fourth-order valence-corrected chi connectivity index (χ4v) is 3.63. The van der Waals surface area contributed by atoms with Crippen LogP contribution in [0, 0.1) is 0 Å². The molecule has 1 fully saturated rings. The second-order valence-corrected chi connectivity index (χ2v) is 8.53. The van der Waals surface area contributed by atoms with Crippen LogP contribution in [0.4, 0.5) is 11.5 Å². The van der Waals surface area contributed by atoms with Crippen LogP contribution in [0.5, 0.6) is 11.6 Å². The first-order valence-corrected chi connectivity index (χ1v) is 10.9. The van der Waals surface area contributed by atoms with Gasteiger partial charge < -0.3 is 20.5 Å². The molecule has 4 aromatic rings. The van der Waals surface area contributed by atoms with Gasteiger partial charge in [0.15, 0.2) is 11.5 Å². The molecule has 1 aliphatic rings. The highest BCUT2D eigenvalue weighted by Crippen LogP contribution is 2.47. The Hall–Kier alpha value is -4.24. The molecule has 0 aliphatic heterocycles. The Morgan fingerprint density at radius 1 is 1.09 bits per heavy atom. The van der Waals surface area contributed by atoms with Gasteiger partial charge in [-0.2, -0.15) is 0 Å². The van der Waals surface area contributed by atoms with Crippen LogP contribution < -0.4 is 15.4 Å². The second kappa shape index (κ2) is 8.60. The molecule has 5 rings (SSSR count). The van der Waals surface area contributed by atoms with Crippen molar-refractivity contribution in [3.8, 4) is 11.6 Å². The second-order valence-electron chi connectivity index (χ2n) is 8.53. The lowest BCUT2D eigenvalue weighted by atomic mass is 9.96. The first kappa shape index (κ1) is 21.6. The number of carbonyl (C=O) groups excluding carboxylic acids is 2. The summed E-state index contributed by atoms with van der Waals surface area (Å²) in [7, 11) is 0. The average Bonchev–Trinajstić information content (AvgIpc) is 3.47. The molecule has 0 radical (unpaired) electrons. The van der Waals surface area contributed by atoms with Crippen molar-refractivity contribution < 1.29 is 19.4 Å². The summed E-state index contributed by atoms with van der Waals surface area (Å²) in [6, 6.07) is 18.2. The van der Waals surface area contributed by atoms with Gasteiger partial charge in [-0.25, -0.2) is 9.50 Å². The monoisotopic (exact) mass is 457 g/mol. The molecule has 0 unspecified atom stereocenters. The van der Waals surface area contributed by atoms with Crippen LogP contribution in [0.3, 0.4) is 0 Å². The van der Waals surface area contributed by atoms with Gasteiger partial charge >= 0.3 is 0 Å². The molecule has 3 N–H and O–H groups in total. The van der Waals surface area contributed by atoms with Crippen molar-refractivity contribution in [3.63, 3.8) is 0 Å². The number of fused-ring (bicyclic) bond motifs is 1. The van der Waals surface area contributed by atoms with Crippen LogP contribution in [-0.4, -0.2) is 38.1 Å². The van der Waals surface area contributed by atoms with Crippen molar-refractivity contribution in [3.05, 3.63) is 78.0 Å². The van der Waals surface area contributed by atoms with Crippen molar-refractivity contribution in [2.45, 2.75) is 25.2 Å². The molecular formula is C25H23N5O4. The van der Waals surface area contributed by atoms with Crippen molar-refractivity contribution in [1.29, 1.82) is 0 Å². The number of carbonyl (C=O) groups is 2. The minimum atomic E-state index is -0.632. The number of nitrogens with zero attached hydrogens (tertiary/aromatic N) is 3. The zero-order valence-corrected chi connectivity index (χ0v) is 18.5. The van der Waals surface area contributed by atoms with Crippen LogP contribution >= 0.6 is 0 Å². The van der Waals surface area contributed by atoms with Gasteiger partial charge in [-0.05, 0) is 54.2 Å². The van der Waals surface area contributed by atoms with Crippen molar-refractivity contribution in [2.24, 2.45) is 0 Å². The molecule has 172 valence electrons. The summed E-state index contributed by atoms with van der Waals surface area (Å²) >= 11 is 0. The highest BCUT2D eigenvalue weighted by Gasteiger charge is 2.39. The number of amides is 2. The molecule has 2 heterocycles. The molecule has 9 nitrogen and oxygen atoms in total. The third-order valence-corrected chi connectivity index (χ3v) is 5.84. The van der Waals surface area contributed by atoms with Crippen LogP contribution in [-0.2, 0) is 10.2 Å². The number of nitrogens with one attached hydrogen (secondary N) is 2. The van der Waals surface area contributed by atoms with Crippen molar-refractivity contribution >= 4 is 29.0 Å². The maximum absolute atomic E-state index is 12.8. The minimum Gasteiger partial charge on any atom is -0.438 e. The molecule has 0 bridgehead atoms. The summed E-state index contributed by atoms with van der Waals surface area (Å²) in [5.74, 6) is 0.329. The Kier molecular flexibility index (Phi) is 5.46. The molecule has 2 amide bonds. The number of imidazole rings is 1. The van der Waals surface area contributed by atoms with E-state index in [1.165, 1.54) is 16.3 Å². The van der Waals surface area contributed by atoms with E-state index in [4.69, 9.17) is 9.84 Å². The number of hydrogen-bond acceptors (Lipinski definition) is 6. The summed E-state index contributed by atoms with van der Waals surface area (Å²) in [6.07, 6.45) is 3.81. The van der Waals surface area contributed by atoms with Gasteiger partial charge in [0.05, 0.1) is 6.20 Å². The molecule has 9 heteroatoms. The largest absolute Gasteiger partial charge is 0.438 e. The van der Waals surface area contributed by atoms with Crippen LogP contribution in [0.2, 0.25) is 0 Å². The van der Waals surface area contributed by atoms with Gasteiger partial charge in [0.2, 0.25) is 5.88 Å². The molecule has 1 aliphatic carbocycles. The Bertz CT molecular complexity index is 1390. The van der Waals surface area contributed by atoms with E-state index in [1.54, 1.807) is 36.4 Å².